The van der Waals surface area contributed by atoms with E-state index >= 15 is 0 Å². The van der Waals surface area contributed by atoms with Gasteiger partial charge in [0, 0.05) is 23.7 Å². The van der Waals surface area contributed by atoms with Crippen LogP contribution in [0.15, 0.2) is 0 Å². The highest BCUT2D eigenvalue weighted by Crippen LogP contribution is 2.57. The summed E-state index contributed by atoms with van der Waals surface area (Å²) in [4.78, 5) is 0. The second-order valence-electron chi connectivity index (χ2n) is 14.1. The molecule has 6 atom stereocenters. The minimum Gasteiger partial charge on any atom is -0.387 e. The highest BCUT2D eigenvalue weighted by Gasteiger charge is 2.69. The monoisotopic (exact) mass is 532 g/mol. The SMILES string of the molecule is OC1[C@H]2OC(C3CCCCC3)(C3CCCCC3)O[C@H]2C(O)[C@@H]2OC(C3CCCCC3)(C3CCCCC3)O[C@@H]12. The molecule has 2 N–H and O–H groups in total. The van der Waals surface area contributed by atoms with Crippen LogP contribution in [0.25, 0.3) is 0 Å². The number of aliphatic hydroxyl groups is 2. The maximum atomic E-state index is 11.9. The Bertz CT molecular complexity index is 664. The van der Waals surface area contributed by atoms with Crippen LogP contribution in [0.2, 0.25) is 0 Å². The zero-order chi connectivity index (χ0) is 25.7. The van der Waals surface area contributed by atoms with E-state index in [0.29, 0.717) is 23.7 Å². The first kappa shape index (κ1) is 26.6. The molecule has 2 aliphatic heterocycles. The summed E-state index contributed by atoms with van der Waals surface area (Å²) >= 11 is 0. The molecule has 0 amide bonds. The van der Waals surface area contributed by atoms with Gasteiger partial charge in [-0.1, -0.05) is 77.0 Å². The molecule has 0 aromatic heterocycles. The van der Waals surface area contributed by atoms with Crippen molar-refractivity contribution in [1.82, 2.24) is 0 Å². The number of hydrogen-bond donors (Lipinski definition) is 2. The molecule has 7 fully saturated rings. The highest BCUT2D eigenvalue weighted by molar-refractivity contribution is 5.12. The molecule has 2 unspecified atom stereocenters. The minimum atomic E-state index is -0.837. The first-order valence-corrected chi connectivity index (χ1v) is 16.7. The normalized spacial score (nSPS) is 43.1. The van der Waals surface area contributed by atoms with Crippen LogP contribution in [0.1, 0.15) is 128 Å². The third-order valence-electron chi connectivity index (χ3n) is 12.0. The Hall–Kier alpha value is -0.240. The first-order valence-electron chi connectivity index (χ1n) is 16.7. The summed E-state index contributed by atoms with van der Waals surface area (Å²) in [5.41, 5.74) is 0. The molecule has 2 heterocycles. The van der Waals surface area contributed by atoms with E-state index in [-0.39, 0.29) is 0 Å². The maximum absolute atomic E-state index is 11.9. The van der Waals surface area contributed by atoms with Gasteiger partial charge in [0.15, 0.2) is 11.6 Å². The summed E-state index contributed by atoms with van der Waals surface area (Å²) in [7, 11) is 0. The van der Waals surface area contributed by atoms with Crippen LogP contribution in [0.4, 0.5) is 0 Å². The molecular weight excluding hydrogens is 480 g/mol. The van der Waals surface area contributed by atoms with Gasteiger partial charge in [-0.15, -0.1) is 0 Å². The fraction of sp³-hybridized carbons (Fsp3) is 1.00. The van der Waals surface area contributed by atoms with Crippen molar-refractivity contribution in [3.05, 3.63) is 0 Å². The van der Waals surface area contributed by atoms with Crippen molar-refractivity contribution in [2.45, 2.75) is 177 Å². The quantitative estimate of drug-likeness (QED) is 0.462. The molecule has 5 saturated carbocycles. The van der Waals surface area contributed by atoms with Gasteiger partial charge in [-0.2, -0.15) is 0 Å². The predicted octanol–water partition coefficient (Wildman–Crippen LogP) is 6.00. The molecule has 6 nitrogen and oxygen atoms in total. The molecule has 0 spiro atoms. The molecule has 0 aromatic rings. The van der Waals surface area contributed by atoms with Gasteiger partial charge >= 0.3 is 0 Å². The summed E-state index contributed by atoms with van der Waals surface area (Å²) in [6.45, 7) is 0. The van der Waals surface area contributed by atoms with Gasteiger partial charge in [0.1, 0.15) is 36.6 Å². The van der Waals surface area contributed by atoms with Crippen molar-refractivity contribution in [2.75, 3.05) is 0 Å². The smallest absolute Gasteiger partial charge is 0.175 e. The fourth-order valence-electron chi connectivity index (χ4n) is 10.1. The van der Waals surface area contributed by atoms with Gasteiger partial charge in [0.25, 0.3) is 0 Å². The second kappa shape index (κ2) is 10.9. The minimum absolute atomic E-state index is 0.342. The van der Waals surface area contributed by atoms with Crippen molar-refractivity contribution in [2.24, 2.45) is 23.7 Å². The standard InChI is InChI=1S/C32H52O6/c33-25-27-28(36-31(35-27,21-13-5-1-6-14-21)22-15-7-2-8-16-22)26(34)30-29(25)37-32(38-30,23-17-9-3-10-18-23)24-19-11-4-12-20-24/h21-30,33-34H,1-20H2/t25?,26?,27-,28-,29-,30+/m0/s1. The van der Waals surface area contributed by atoms with Crippen molar-refractivity contribution >= 4 is 0 Å². The van der Waals surface area contributed by atoms with E-state index in [9.17, 15) is 10.2 Å². The molecular formula is C32H52O6. The van der Waals surface area contributed by atoms with E-state index in [1.165, 1.54) is 77.0 Å². The third kappa shape index (κ3) is 4.34. The molecule has 0 aromatic carbocycles. The maximum Gasteiger partial charge on any atom is 0.175 e. The molecule has 0 bridgehead atoms. The lowest BCUT2D eigenvalue weighted by molar-refractivity contribution is -0.279. The van der Waals surface area contributed by atoms with E-state index in [2.05, 4.69) is 0 Å². The van der Waals surface area contributed by atoms with Crippen LogP contribution < -0.4 is 0 Å². The summed E-state index contributed by atoms with van der Waals surface area (Å²) in [6.07, 6.45) is 20.0. The van der Waals surface area contributed by atoms with Gasteiger partial charge in [-0.25, -0.2) is 0 Å². The van der Waals surface area contributed by atoms with E-state index in [1.54, 1.807) is 0 Å². The first-order chi connectivity index (χ1) is 18.6. The zero-order valence-corrected chi connectivity index (χ0v) is 23.4. The van der Waals surface area contributed by atoms with Crippen LogP contribution in [0, 0.1) is 23.7 Å². The number of aliphatic hydroxyl groups excluding tert-OH is 2. The van der Waals surface area contributed by atoms with E-state index in [4.69, 9.17) is 18.9 Å². The van der Waals surface area contributed by atoms with Crippen LogP contribution in [0.3, 0.4) is 0 Å². The third-order valence-corrected chi connectivity index (χ3v) is 12.0. The Morgan fingerprint density at radius 2 is 0.553 bits per heavy atom. The van der Waals surface area contributed by atoms with Crippen molar-refractivity contribution in [3.63, 3.8) is 0 Å². The van der Waals surface area contributed by atoms with E-state index in [1.807, 2.05) is 0 Å². The Morgan fingerprint density at radius 3 is 0.763 bits per heavy atom. The molecule has 38 heavy (non-hydrogen) atoms. The molecule has 6 heteroatoms. The van der Waals surface area contributed by atoms with Crippen LogP contribution in [-0.4, -0.2) is 58.4 Å². The largest absolute Gasteiger partial charge is 0.387 e. The topological polar surface area (TPSA) is 77.4 Å². The second-order valence-corrected chi connectivity index (χ2v) is 14.1. The lowest BCUT2D eigenvalue weighted by atomic mass is 9.72. The Kier molecular flexibility index (Phi) is 7.62. The van der Waals surface area contributed by atoms with Gasteiger partial charge in [-0.05, 0) is 51.4 Å². The van der Waals surface area contributed by atoms with E-state index in [0.717, 1.165) is 51.4 Å². The van der Waals surface area contributed by atoms with Crippen LogP contribution in [-0.2, 0) is 18.9 Å². The summed E-state index contributed by atoms with van der Waals surface area (Å²) in [5.74, 6) is 0.00895. The Morgan fingerprint density at radius 1 is 0.342 bits per heavy atom. The fourth-order valence-corrected chi connectivity index (χ4v) is 10.1. The average molecular weight is 533 g/mol. The molecule has 0 radical (unpaired) electrons. The number of hydrogen-bond acceptors (Lipinski definition) is 6. The molecule has 7 rings (SSSR count). The van der Waals surface area contributed by atoms with Crippen LogP contribution >= 0.6 is 0 Å². The van der Waals surface area contributed by atoms with Gasteiger partial charge in [-0.3, -0.25) is 0 Å². The average Bonchev–Trinajstić information content (AvgIpc) is 3.61. The number of rotatable bonds is 4. The van der Waals surface area contributed by atoms with Gasteiger partial charge in [0.05, 0.1) is 0 Å². The summed E-state index contributed by atoms with van der Waals surface area (Å²) < 4.78 is 28.1. The van der Waals surface area contributed by atoms with E-state index < -0.39 is 48.2 Å². The molecule has 7 aliphatic rings. The van der Waals surface area contributed by atoms with Crippen molar-refractivity contribution in [1.29, 1.82) is 0 Å². The number of fused-ring (bicyclic) bond motifs is 2. The Balaban J connectivity index is 1.18. The lowest BCUT2D eigenvalue weighted by Gasteiger charge is -2.46. The molecule has 5 aliphatic carbocycles. The highest BCUT2D eigenvalue weighted by atomic mass is 16.8. The predicted molar refractivity (Wildman–Crippen MR) is 143 cm³/mol. The Labute approximate surface area is 229 Å². The van der Waals surface area contributed by atoms with Crippen molar-refractivity contribution < 1.29 is 29.2 Å². The van der Waals surface area contributed by atoms with Crippen LogP contribution in [0.5, 0.6) is 0 Å². The summed E-state index contributed by atoms with van der Waals surface area (Å²) in [6, 6.07) is 0. The number of ether oxygens (including phenoxy) is 4. The van der Waals surface area contributed by atoms with Crippen molar-refractivity contribution in [3.8, 4) is 0 Å². The van der Waals surface area contributed by atoms with Gasteiger partial charge < -0.3 is 29.2 Å². The lowest BCUT2D eigenvalue weighted by Crippen LogP contribution is -2.61. The summed E-state index contributed by atoms with van der Waals surface area (Å²) in [5, 5.41) is 23.8. The molecule has 2 saturated heterocycles. The molecule has 216 valence electrons. The van der Waals surface area contributed by atoms with Gasteiger partial charge in [0.2, 0.25) is 0 Å². The zero-order valence-electron chi connectivity index (χ0n) is 23.4.